The number of aryl methyl sites for hydroxylation is 1. The van der Waals surface area contributed by atoms with Crippen LogP contribution in [0.3, 0.4) is 0 Å². The number of rotatable bonds is 7. The van der Waals surface area contributed by atoms with E-state index < -0.39 is 0 Å². The lowest BCUT2D eigenvalue weighted by molar-refractivity contribution is -0.125. The molecule has 2 saturated heterocycles. The van der Waals surface area contributed by atoms with Gasteiger partial charge < -0.3 is 14.8 Å². The molecule has 1 aromatic rings. The van der Waals surface area contributed by atoms with Gasteiger partial charge in [-0.05, 0) is 57.8 Å². The highest BCUT2D eigenvalue weighted by Gasteiger charge is 2.47. The fraction of sp³-hybridized carbons (Fsp3) is 0.800. The Hall–Kier alpha value is -1.40. The minimum absolute atomic E-state index is 0.0480. The maximum Gasteiger partial charge on any atom is 0.237 e. The number of hydrogen-bond donors (Lipinski definition) is 1. The molecule has 3 heterocycles. The maximum absolute atomic E-state index is 12.9. The Morgan fingerprint density at radius 1 is 1.31 bits per heavy atom. The summed E-state index contributed by atoms with van der Waals surface area (Å²) in [6.07, 6.45) is 9.34. The van der Waals surface area contributed by atoms with Crippen LogP contribution in [0.1, 0.15) is 45.4 Å². The van der Waals surface area contributed by atoms with E-state index in [-0.39, 0.29) is 11.9 Å². The summed E-state index contributed by atoms with van der Waals surface area (Å²) in [7, 11) is 2.20. The van der Waals surface area contributed by atoms with E-state index in [0.29, 0.717) is 12.0 Å². The topological polar surface area (TPSA) is 53.4 Å². The van der Waals surface area contributed by atoms with Gasteiger partial charge in [-0.3, -0.25) is 9.69 Å². The van der Waals surface area contributed by atoms with E-state index >= 15 is 0 Å². The average molecular weight is 362 g/mol. The summed E-state index contributed by atoms with van der Waals surface area (Å²) in [6.45, 7) is 10.2. The van der Waals surface area contributed by atoms with Crippen molar-refractivity contribution in [2.45, 2.75) is 58.5 Å². The first-order chi connectivity index (χ1) is 12.6. The Labute approximate surface area is 157 Å². The van der Waals surface area contributed by atoms with Crippen LogP contribution >= 0.6 is 0 Å². The Morgan fingerprint density at radius 2 is 2.08 bits per heavy atom. The summed E-state index contributed by atoms with van der Waals surface area (Å²) in [4.78, 5) is 22.1. The van der Waals surface area contributed by atoms with Gasteiger partial charge in [0.25, 0.3) is 0 Å². The van der Waals surface area contributed by atoms with Crippen LogP contribution in [0.25, 0.3) is 0 Å². The largest absolute Gasteiger partial charge is 0.353 e. The van der Waals surface area contributed by atoms with Crippen LogP contribution in [0.4, 0.5) is 0 Å². The van der Waals surface area contributed by atoms with Gasteiger partial charge >= 0.3 is 0 Å². The first-order valence-electron chi connectivity index (χ1n) is 10.3. The molecule has 1 N–H and O–H groups in total. The fourth-order valence-corrected chi connectivity index (χ4v) is 4.66. The highest BCUT2D eigenvalue weighted by Crippen LogP contribution is 2.43. The van der Waals surface area contributed by atoms with E-state index in [0.717, 1.165) is 57.8 Å². The zero-order valence-electron chi connectivity index (χ0n) is 16.7. The van der Waals surface area contributed by atoms with Gasteiger partial charge in [-0.2, -0.15) is 0 Å². The zero-order valence-corrected chi connectivity index (χ0v) is 16.7. The molecule has 0 saturated carbocycles. The first-order valence-corrected chi connectivity index (χ1v) is 10.3. The molecule has 2 aliphatic rings. The van der Waals surface area contributed by atoms with Crippen LogP contribution in [0.5, 0.6) is 0 Å². The highest BCUT2D eigenvalue weighted by atomic mass is 16.2. The number of nitrogens with one attached hydrogen (secondary N) is 1. The van der Waals surface area contributed by atoms with Crippen LogP contribution in [0.15, 0.2) is 12.4 Å². The number of aromatic nitrogens is 2. The van der Waals surface area contributed by atoms with Gasteiger partial charge in [0, 0.05) is 38.4 Å². The van der Waals surface area contributed by atoms with E-state index in [9.17, 15) is 4.79 Å². The molecule has 1 spiro atoms. The lowest BCUT2D eigenvalue weighted by Crippen LogP contribution is -2.44. The van der Waals surface area contributed by atoms with Crippen molar-refractivity contribution in [2.24, 2.45) is 5.41 Å². The summed E-state index contributed by atoms with van der Waals surface area (Å²) < 4.78 is 2.14. The number of amides is 1. The minimum atomic E-state index is 0.0480. The highest BCUT2D eigenvalue weighted by molar-refractivity contribution is 5.82. The molecule has 1 unspecified atom stereocenters. The van der Waals surface area contributed by atoms with Gasteiger partial charge in [-0.15, -0.1) is 0 Å². The van der Waals surface area contributed by atoms with Crippen molar-refractivity contribution in [2.75, 3.05) is 39.8 Å². The van der Waals surface area contributed by atoms with E-state index in [1.54, 1.807) is 0 Å². The smallest absolute Gasteiger partial charge is 0.237 e. The van der Waals surface area contributed by atoms with Crippen LogP contribution in [0, 0.1) is 5.41 Å². The predicted molar refractivity (Wildman–Crippen MR) is 104 cm³/mol. The number of piperidine rings is 1. The molecule has 26 heavy (non-hydrogen) atoms. The summed E-state index contributed by atoms with van der Waals surface area (Å²) in [5.41, 5.74) is 0.351. The molecule has 0 radical (unpaired) electrons. The molecule has 1 aromatic heterocycles. The Kier molecular flexibility index (Phi) is 6.35. The second-order valence-electron chi connectivity index (χ2n) is 8.18. The summed E-state index contributed by atoms with van der Waals surface area (Å²) in [6, 6.07) is 0.0480. The average Bonchev–Trinajstić information content (AvgIpc) is 3.23. The van der Waals surface area contributed by atoms with Gasteiger partial charge in [0.1, 0.15) is 5.82 Å². The van der Waals surface area contributed by atoms with Crippen LogP contribution in [0.2, 0.25) is 0 Å². The third-order valence-corrected chi connectivity index (χ3v) is 6.24. The van der Waals surface area contributed by atoms with E-state index in [4.69, 9.17) is 0 Å². The monoisotopic (exact) mass is 361 g/mol. The van der Waals surface area contributed by atoms with Crippen LogP contribution in [-0.2, 0) is 17.8 Å². The molecule has 146 valence electrons. The molecule has 0 aliphatic carbocycles. The van der Waals surface area contributed by atoms with E-state index in [1.165, 1.54) is 12.8 Å². The molecule has 0 bridgehead atoms. The predicted octanol–water partition coefficient (Wildman–Crippen LogP) is 1.76. The third kappa shape index (κ3) is 4.29. The number of hydrogen-bond acceptors (Lipinski definition) is 4. The molecule has 6 heteroatoms. The zero-order chi connectivity index (χ0) is 18.6. The minimum Gasteiger partial charge on any atom is -0.353 e. The number of imidazole rings is 1. The molecule has 0 aromatic carbocycles. The Bertz CT molecular complexity index is 591. The lowest BCUT2D eigenvalue weighted by Gasteiger charge is -2.37. The van der Waals surface area contributed by atoms with Gasteiger partial charge in [-0.1, -0.05) is 13.8 Å². The van der Waals surface area contributed by atoms with Crippen molar-refractivity contribution >= 4 is 5.91 Å². The first kappa shape index (κ1) is 19.4. The van der Waals surface area contributed by atoms with Crippen molar-refractivity contribution in [3.8, 4) is 0 Å². The van der Waals surface area contributed by atoms with E-state index in [1.807, 2.05) is 12.4 Å². The molecular formula is C20H35N5O. The van der Waals surface area contributed by atoms with Crippen molar-refractivity contribution in [3.63, 3.8) is 0 Å². The summed E-state index contributed by atoms with van der Waals surface area (Å²) >= 11 is 0. The van der Waals surface area contributed by atoms with Gasteiger partial charge in [0.15, 0.2) is 0 Å². The van der Waals surface area contributed by atoms with Crippen molar-refractivity contribution < 1.29 is 4.79 Å². The van der Waals surface area contributed by atoms with Gasteiger partial charge in [-0.25, -0.2) is 4.98 Å². The second-order valence-corrected chi connectivity index (χ2v) is 8.18. The van der Waals surface area contributed by atoms with E-state index in [2.05, 4.69) is 45.6 Å². The molecule has 6 nitrogen and oxygen atoms in total. The van der Waals surface area contributed by atoms with Crippen molar-refractivity contribution in [3.05, 3.63) is 18.2 Å². The van der Waals surface area contributed by atoms with Crippen LogP contribution < -0.4 is 5.32 Å². The number of carbonyl (C=O) groups excluding carboxylic acids is 1. The SMILES string of the molecule is CCCN1CC2(CCN(C)CC2)CC1C(=O)NCCn1ccnc1CC. The number of likely N-dealkylation sites (tertiary alicyclic amines) is 2. The van der Waals surface area contributed by atoms with Crippen LogP contribution in [-0.4, -0.2) is 71.1 Å². The Balaban J connectivity index is 1.56. The maximum atomic E-state index is 12.9. The molecule has 2 fully saturated rings. The normalized spacial score (nSPS) is 23.6. The fourth-order valence-electron chi connectivity index (χ4n) is 4.66. The molecule has 1 amide bonds. The molecule has 3 rings (SSSR count). The number of carbonyl (C=O) groups is 1. The molecular weight excluding hydrogens is 326 g/mol. The third-order valence-electron chi connectivity index (χ3n) is 6.24. The van der Waals surface area contributed by atoms with Gasteiger partial charge in [0.2, 0.25) is 5.91 Å². The van der Waals surface area contributed by atoms with Gasteiger partial charge in [0.05, 0.1) is 6.04 Å². The molecule has 2 aliphatic heterocycles. The number of nitrogens with zero attached hydrogens (tertiary/aromatic N) is 4. The lowest BCUT2D eigenvalue weighted by atomic mass is 9.76. The molecule has 1 atom stereocenters. The summed E-state index contributed by atoms with van der Waals surface area (Å²) in [5, 5.41) is 3.19. The standard InChI is InChI=1S/C20H35N5O/c1-4-10-25-16-20(6-11-23(3)12-7-20)15-17(25)19(26)22-9-14-24-13-8-21-18(24)5-2/h8,13,17H,4-7,9-12,14-16H2,1-3H3,(H,22,26). The quantitative estimate of drug-likeness (QED) is 0.804. The summed E-state index contributed by atoms with van der Waals surface area (Å²) in [5.74, 6) is 1.30. The van der Waals surface area contributed by atoms with Crippen molar-refractivity contribution in [1.82, 2.24) is 24.7 Å². The Morgan fingerprint density at radius 3 is 2.77 bits per heavy atom. The second kappa shape index (κ2) is 8.53. The van der Waals surface area contributed by atoms with Crippen molar-refractivity contribution in [1.29, 1.82) is 0 Å².